The van der Waals surface area contributed by atoms with E-state index >= 15 is 0 Å². The molecule has 404 valence electrons. The minimum absolute atomic E-state index is 0.439. The van der Waals surface area contributed by atoms with Gasteiger partial charge >= 0.3 is 0 Å². The molecule has 0 unspecified atom stereocenters. The first-order chi connectivity index (χ1) is 35.0. The summed E-state index contributed by atoms with van der Waals surface area (Å²) in [5.74, 6) is 3.18. The van der Waals surface area contributed by atoms with Crippen LogP contribution in [0, 0.1) is 0 Å². The van der Waals surface area contributed by atoms with Gasteiger partial charge in [-0.05, 0) is 106 Å². The molecule has 0 N–H and O–H groups in total. The van der Waals surface area contributed by atoms with Gasteiger partial charge in [0.2, 0.25) is 0 Å². The predicted molar refractivity (Wildman–Crippen MR) is 308 cm³/mol. The van der Waals surface area contributed by atoms with E-state index in [1.807, 2.05) is 37.2 Å². The van der Waals surface area contributed by atoms with Gasteiger partial charge in [0.05, 0.1) is 54.9 Å². The molecule has 0 radical (unpaired) electrons. The Bertz CT molecular complexity index is 2000. The van der Waals surface area contributed by atoms with E-state index in [9.17, 15) is 0 Å². The van der Waals surface area contributed by atoms with Crippen molar-refractivity contribution in [3.63, 3.8) is 0 Å². The number of hydrogen-bond donors (Lipinski definition) is 0. The zero-order valence-corrected chi connectivity index (χ0v) is 48.0. The topological polar surface area (TPSA) is 86.7 Å². The molecule has 4 aromatic rings. The van der Waals surface area contributed by atoms with Gasteiger partial charge in [-0.25, -0.2) is 4.98 Å². The minimum atomic E-state index is 0.439. The van der Waals surface area contributed by atoms with Crippen molar-refractivity contribution in [2.75, 3.05) is 138 Å². The number of rotatable bonds is 12. The fraction of sp³-hybridized carbons (Fsp3) is 0.667. The maximum Gasteiger partial charge on any atom is 0.147 e. The normalized spacial score (nSPS) is 18.8. The Kier molecular flexibility index (Phi) is 22.6. The number of nitrogens with zero attached hydrogens (tertiary/aromatic N) is 12. The molecule has 5 aliphatic heterocycles. The van der Waals surface area contributed by atoms with Gasteiger partial charge in [-0.2, -0.15) is 0 Å². The third-order valence-corrected chi connectivity index (χ3v) is 15.6. The first-order valence-electron chi connectivity index (χ1n) is 28.3. The van der Waals surface area contributed by atoms with Crippen LogP contribution < -0.4 is 19.6 Å². The summed E-state index contributed by atoms with van der Waals surface area (Å²) >= 11 is 0. The van der Waals surface area contributed by atoms with Crippen molar-refractivity contribution in [1.29, 1.82) is 0 Å². The lowest BCUT2D eigenvalue weighted by atomic mass is 10.0. The van der Waals surface area contributed by atoms with Crippen LogP contribution >= 0.6 is 0 Å². The Morgan fingerprint density at radius 2 is 0.795 bits per heavy atom. The lowest BCUT2D eigenvalue weighted by molar-refractivity contribution is -0.0660. The molecule has 0 saturated carbocycles. The van der Waals surface area contributed by atoms with E-state index in [1.54, 1.807) is 0 Å². The number of anilines is 4. The molecule has 5 aliphatic rings. The largest absolute Gasteiger partial charge is 0.378 e. The Hall–Kier alpha value is -4.40. The van der Waals surface area contributed by atoms with E-state index < -0.39 is 0 Å². The molecule has 5 saturated heterocycles. The fourth-order valence-electron chi connectivity index (χ4n) is 9.99. The molecule has 0 amide bonds. The zero-order chi connectivity index (χ0) is 52.6. The smallest absolute Gasteiger partial charge is 0.147 e. The first kappa shape index (κ1) is 57.9. The highest BCUT2D eigenvalue weighted by Gasteiger charge is 2.29. The molecule has 9 rings (SSSR count). The van der Waals surface area contributed by atoms with E-state index in [-0.39, 0.29) is 0 Å². The Labute approximate surface area is 443 Å². The third-order valence-electron chi connectivity index (χ3n) is 15.6. The first-order valence-corrected chi connectivity index (χ1v) is 28.3. The number of pyridine rings is 2. The summed E-state index contributed by atoms with van der Waals surface area (Å²) in [6, 6.07) is 16.3. The molecule has 3 aromatic heterocycles. The van der Waals surface area contributed by atoms with Crippen molar-refractivity contribution in [2.45, 2.75) is 145 Å². The van der Waals surface area contributed by atoms with Crippen molar-refractivity contribution >= 4 is 22.9 Å². The van der Waals surface area contributed by atoms with Crippen LogP contribution in [0.25, 0.3) is 0 Å². The van der Waals surface area contributed by atoms with Gasteiger partial charge in [-0.1, -0.05) is 67.5 Å². The molecule has 0 atom stereocenters. The standard InChI is InChI=1S/C16H26N2.C15H23N3O.C15H25N3.C14H24N4/c1-13(2)15-6-5-7-16(12-15)18-10-8-17(9-11-18)14(3)4;1-12(2)13-7-14(9-16-8-13)17-3-5-18(6-4-17)15-10-19-11-15;1-12(2)14-9-15(11-16-10-14)18-7-5-17(6-8-18)13(3)4;1-11(2)13-9-15-10-14(16-13)18-7-5-17(6-8-18)12(3)4/h5-7,12-14H,8-11H2,1-4H3;7-9,12,15H,3-6,10-11H2,1-2H3;9-13H,5-8H2,1-4H3;9-12H,5-8H2,1-4H3. The highest BCUT2D eigenvalue weighted by atomic mass is 16.5. The lowest BCUT2D eigenvalue weighted by Crippen LogP contribution is -2.56. The Balaban J connectivity index is 0.000000159. The van der Waals surface area contributed by atoms with Crippen molar-refractivity contribution in [2.24, 2.45) is 0 Å². The van der Waals surface area contributed by atoms with Crippen LogP contribution in [0.15, 0.2) is 73.6 Å². The molecule has 13 nitrogen and oxygen atoms in total. The number of benzene rings is 1. The highest BCUT2D eigenvalue weighted by molar-refractivity contribution is 5.50. The van der Waals surface area contributed by atoms with Crippen LogP contribution in [0.3, 0.4) is 0 Å². The summed E-state index contributed by atoms with van der Waals surface area (Å²) < 4.78 is 5.28. The van der Waals surface area contributed by atoms with Crippen LogP contribution in [0.5, 0.6) is 0 Å². The summed E-state index contributed by atoms with van der Waals surface area (Å²) in [6.07, 6.45) is 11.7. The third kappa shape index (κ3) is 17.3. The fourth-order valence-corrected chi connectivity index (χ4v) is 9.99. The van der Waals surface area contributed by atoms with E-state index in [2.05, 4.69) is 187 Å². The van der Waals surface area contributed by atoms with Crippen LogP contribution in [-0.4, -0.2) is 182 Å². The lowest BCUT2D eigenvalue weighted by Gasteiger charge is -2.43. The van der Waals surface area contributed by atoms with Gasteiger partial charge in [-0.3, -0.25) is 34.6 Å². The van der Waals surface area contributed by atoms with Crippen molar-refractivity contribution in [3.8, 4) is 0 Å². The second kappa shape index (κ2) is 28.5. The van der Waals surface area contributed by atoms with Crippen LogP contribution in [0.2, 0.25) is 0 Å². The molecule has 13 heteroatoms. The summed E-state index contributed by atoms with van der Waals surface area (Å²) in [4.78, 5) is 37.7. The van der Waals surface area contributed by atoms with Gasteiger partial charge in [-0.15, -0.1) is 0 Å². The number of ether oxygens (including phenoxy) is 1. The van der Waals surface area contributed by atoms with Gasteiger partial charge in [0.15, 0.2) is 0 Å². The summed E-state index contributed by atoms with van der Waals surface area (Å²) in [5.41, 5.74) is 9.13. The molecule has 0 spiro atoms. The molecular formula is C60H98N12O. The molecule has 0 bridgehead atoms. The van der Waals surface area contributed by atoms with Crippen molar-refractivity contribution < 1.29 is 4.74 Å². The SMILES string of the molecule is CC(C)c1cccc(N2CCN(C(C)C)CC2)c1.CC(C)c1cncc(N2CCN(C(C)C)CC2)c1.CC(C)c1cncc(N2CCN(C(C)C)CC2)n1.CC(C)c1cncc(N2CCN(C3COC3)CC2)c1. The Morgan fingerprint density at radius 3 is 1.19 bits per heavy atom. The van der Waals surface area contributed by atoms with Crippen molar-refractivity contribution in [1.82, 2.24) is 39.5 Å². The molecule has 1 aromatic carbocycles. The summed E-state index contributed by atoms with van der Waals surface area (Å²) in [5, 5.41) is 0. The van der Waals surface area contributed by atoms with Gasteiger partial charge in [0, 0.05) is 147 Å². The summed E-state index contributed by atoms with van der Waals surface area (Å²) in [6.45, 7) is 51.2. The Morgan fingerprint density at radius 1 is 0.397 bits per heavy atom. The van der Waals surface area contributed by atoms with Gasteiger partial charge in [0.1, 0.15) is 5.82 Å². The van der Waals surface area contributed by atoms with Crippen LogP contribution in [0.4, 0.5) is 22.9 Å². The van der Waals surface area contributed by atoms with Crippen molar-refractivity contribution in [3.05, 3.63) is 96.0 Å². The maximum absolute atomic E-state index is 5.28. The maximum atomic E-state index is 5.28. The molecule has 5 fully saturated rings. The second-order valence-corrected chi connectivity index (χ2v) is 23.0. The number of hydrogen-bond acceptors (Lipinski definition) is 13. The van der Waals surface area contributed by atoms with Crippen LogP contribution in [0.1, 0.15) is 143 Å². The van der Waals surface area contributed by atoms with Gasteiger partial charge < -0.3 is 24.3 Å². The monoisotopic (exact) mass is 1000 g/mol. The van der Waals surface area contributed by atoms with Gasteiger partial charge in [0.25, 0.3) is 0 Å². The van der Waals surface area contributed by atoms with E-state index in [1.165, 1.54) is 46.8 Å². The minimum Gasteiger partial charge on any atom is -0.378 e. The average molecular weight is 1000 g/mol. The molecule has 0 aliphatic carbocycles. The highest BCUT2D eigenvalue weighted by Crippen LogP contribution is 2.26. The predicted octanol–water partition coefficient (Wildman–Crippen LogP) is 9.93. The van der Waals surface area contributed by atoms with E-state index in [0.29, 0.717) is 47.8 Å². The second-order valence-electron chi connectivity index (χ2n) is 23.0. The van der Waals surface area contributed by atoms with E-state index in [0.717, 1.165) is 116 Å². The average Bonchev–Trinajstić information content (AvgIpc) is 3.39. The zero-order valence-electron chi connectivity index (χ0n) is 48.0. The number of piperazine rings is 4. The van der Waals surface area contributed by atoms with E-state index in [4.69, 9.17) is 9.72 Å². The summed E-state index contributed by atoms with van der Waals surface area (Å²) in [7, 11) is 0. The molecular weight excluding hydrogens is 905 g/mol. The number of aromatic nitrogens is 4. The van der Waals surface area contributed by atoms with Crippen LogP contribution in [-0.2, 0) is 4.74 Å². The molecule has 73 heavy (non-hydrogen) atoms. The quantitative estimate of drug-likeness (QED) is 0.135. The molecule has 8 heterocycles.